The summed E-state index contributed by atoms with van der Waals surface area (Å²) in [5.41, 5.74) is 9.26. The van der Waals surface area contributed by atoms with Crippen LogP contribution in [0.25, 0.3) is 55.4 Å². The highest BCUT2D eigenvalue weighted by molar-refractivity contribution is 6.06. The molecule has 1 spiro atoms. The van der Waals surface area contributed by atoms with Gasteiger partial charge in [-0.05, 0) is 124 Å². The number of fused-ring (bicyclic) bond motifs is 4. The average molecular weight is 1170 g/mol. The Balaban J connectivity index is 0.746. The van der Waals surface area contributed by atoms with Gasteiger partial charge < -0.3 is 44.9 Å². The van der Waals surface area contributed by atoms with Gasteiger partial charge in [0.05, 0.1) is 55.1 Å². The monoisotopic (exact) mass is 1170 g/mol. The molecule has 5 N–H and O–H groups in total. The van der Waals surface area contributed by atoms with Gasteiger partial charge in [-0.25, -0.2) is 9.07 Å². The Labute approximate surface area is 497 Å². The predicted molar refractivity (Wildman–Crippen MR) is 321 cm³/mol. The van der Waals surface area contributed by atoms with Crippen molar-refractivity contribution in [2.24, 2.45) is 11.3 Å². The molecule has 0 radical (unpaired) electrons. The molecule has 21 heteroatoms. The number of nitrogens with zero attached hydrogens (tertiary/aromatic N) is 10. The predicted octanol–water partition coefficient (Wildman–Crippen LogP) is 8.50. The van der Waals surface area contributed by atoms with Crippen LogP contribution in [0.3, 0.4) is 0 Å². The van der Waals surface area contributed by atoms with Crippen molar-refractivity contribution in [2.45, 2.75) is 154 Å². The number of aromatic nitrogens is 9. The molecule has 8 aromatic rings. The van der Waals surface area contributed by atoms with Crippen molar-refractivity contribution in [1.29, 1.82) is 0 Å². The Morgan fingerprint density at radius 1 is 0.942 bits per heavy atom. The molecule has 2 saturated carbocycles. The number of H-pyrrole nitrogens is 1. The number of carbonyl (C=O) groups excluding carboxylic acids is 2. The van der Waals surface area contributed by atoms with Gasteiger partial charge in [0.25, 0.3) is 0 Å². The van der Waals surface area contributed by atoms with E-state index in [9.17, 15) is 19.8 Å². The van der Waals surface area contributed by atoms with Gasteiger partial charge in [-0.3, -0.25) is 19.4 Å². The van der Waals surface area contributed by atoms with E-state index in [1.807, 2.05) is 87.0 Å². The zero-order chi connectivity index (χ0) is 59.1. The molecule has 4 saturated heterocycles. The van der Waals surface area contributed by atoms with Gasteiger partial charge in [-0.1, -0.05) is 67.6 Å². The molecule has 2 amide bonds. The molecule has 2 bridgehead atoms. The molecule has 6 fully saturated rings. The van der Waals surface area contributed by atoms with Crippen LogP contribution in [0.1, 0.15) is 119 Å². The first kappa shape index (κ1) is 56.0. The summed E-state index contributed by atoms with van der Waals surface area (Å²) in [6, 6.07) is 19.5. The number of likely N-dealkylation sites (tertiary alicyclic amines) is 1. The third-order valence-corrected chi connectivity index (χ3v) is 19.1. The molecule has 86 heavy (non-hydrogen) atoms. The standard InChI is InChI=1S/C65H74FN13O7/c1-6-78-53(19-22-69-78)41-13-15-42(16-14-41)57(37(5)80)70-62(82)54-24-45(81)30-77(54)63(83)59(35(2)3)79-31-52(74-75-79)40-9-7-38(8-10-40)32-85-60-56(55-36(4)50(66)26-51-49(55)28-68-73-51)47(39-11-12-39)25-48-58(60)71-64(72-61(48)76-29-43-23-44(76)27-67-43)86-46-17-20-65(21-18-46)33-84-34-65/h7-10,13-16,19,22,25-26,28,31,35,37,39,43-46,54,57,59,67,80-81H,6,11-12,17-18,20-21,23-24,27,29-30,32-34H2,1-5H3,(H,68,73)(H,70,82)/t37-,43+,44+,45-,54+,57+,59+/m1/s1. The lowest BCUT2D eigenvalue weighted by Gasteiger charge is -2.45. The minimum atomic E-state index is -0.995. The lowest BCUT2D eigenvalue weighted by atomic mass is 9.72. The number of aryl methyl sites for hydroxylation is 1. The number of benzene rings is 4. The molecule has 448 valence electrons. The topological polar surface area (TPSA) is 236 Å². The first-order chi connectivity index (χ1) is 41.7. The fraction of sp³-hybridized carbons (Fsp3) is 0.477. The summed E-state index contributed by atoms with van der Waals surface area (Å²) in [5.74, 6) is 0.116. The number of aliphatic hydroxyl groups is 2. The number of anilines is 1. The average Bonchev–Trinajstić information content (AvgIpc) is 1.32. The van der Waals surface area contributed by atoms with Crippen molar-refractivity contribution in [2.75, 3.05) is 37.7 Å². The first-order valence-corrected chi connectivity index (χ1v) is 30.7. The first-order valence-electron chi connectivity index (χ1n) is 30.7. The highest BCUT2D eigenvalue weighted by Gasteiger charge is 2.46. The van der Waals surface area contributed by atoms with Gasteiger partial charge in [0.1, 0.15) is 47.6 Å². The molecule has 2 aliphatic carbocycles. The number of hydrogen-bond acceptors (Lipinski definition) is 15. The molecule has 4 aromatic carbocycles. The van der Waals surface area contributed by atoms with Crippen LogP contribution < -0.4 is 25.0 Å². The van der Waals surface area contributed by atoms with E-state index < -0.39 is 36.2 Å². The number of aromatic amines is 1. The number of halogens is 1. The molecule has 0 unspecified atom stereocenters. The van der Waals surface area contributed by atoms with Gasteiger partial charge in [-0.15, -0.1) is 5.10 Å². The number of β-amino-alcohol motifs (C(OH)–C–C–N with tert-alkyl or cyclic N) is 1. The molecule has 20 nitrogen and oxygen atoms in total. The van der Waals surface area contributed by atoms with Crippen LogP contribution in [0, 0.1) is 24.1 Å². The summed E-state index contributed by atoms with van der Waals surface area (Å²) in [5, 5.41) is 51.2. The second-order valence-corrected chi connectivity index (χ2v) is 25.4. The Morgan fingerprint density at radius 3 is 2.41 bits per heavy atom. The molecule has 6 aliphatic rings. The number of carbonyl (C=O) groups is 2. The van der Waals surface area contributed by atoms with Gasteiger partial charge in [0.2, 0.25) is 11.8 Å². The Morgan fingerprint density at radius 2 is 1.72 bits per heavy atom. The maximum atomic E-state index is 16.3. The van der Waals surface area contributed by atoms with E-state index in [1.54, 1.807) is 30.2 Å². The van der Waals surface area contributed by atoms with E-state index in [-0.39, 0.29) is 60.7 Å². The van der Waals surface area contributed by atoms with Gasteiger partial charge in [-0.2, -0.15) is 20.2 Å². The van der Waals surface area contributed by atoms with Crippen LogP contribution in [0.2, 0.25) is 0 Å². The number of amides is 2. The van der Waals surface area contributed by atoms with Crippen LogP contribution in [-0.4, -0.2) is 141 Å². The summed E-state index contributed by atoms with van der Waals surface area (Å²) < 4.78 is 39.4. The zero-order valence-electron chi connectivity index (χ0n) is 49.2. The molecular formula is C65H74FN13O7. The van der Waals surface area contributed by atoms with Crippen molar-refractivity contribution in [3.05, 3.63) is 113 Å². The zero-order valence-corrected chi connectivity index (χ0v) is 49.2. The van der Waals surface area contributed by atoms with Gasteiger partial charge in [0, 0.05) is 83.8 Å². The van der Waals surface area contributed by atoms with E-state index in [1.165, 1.54) is 11.0 Å². The summed E-state index contributed by atoms with van der Waals surface area (Å²) in [4.78, 5) is 43.5. The van der Waals surface area contributed by atoms with E-state index >= 15 is 4.39 Å². The van der Waals surface area contributed by atoms with E-state index in [0.717, 1.165) is 127 Å². The maximum absolute atomic E-state index is 16.3. The maximum Gasteiger partial charge on any atom is 0.319 e. The normalized spacial score (nSPS) is 22.1. The van der Waals surface area contributed by atoms with Crippen LogP contribution in [0.15, 0.2) is 85.3 Å². The van der Waals surface area contributed by atoms with Crippen LogP contribution in [0.4, 0.5) is 10.2 Å². The number of piperazine rings is 1. The second-order valence-electron chi connectivity index (χ2n) is 25.4. The number of ether oxygens (including phenoxy) is 3. The lowest BCUT2D eigenvalue weighted by Crippen LogP contribution is -2.50. The number of nitrogens with one attached hydrogen (secondary N) is 3. The van der Waals surface area contributed by atoms with Crippen LogP contribution in [0.5, 0.6) is 11.8 Å². The summed E-state index contributed by atoms with van der Waals surface area (Å²) in [6.07, 6.45) is 10.2. The van der Waals surface area contributed by atoms with Gasteiger partial charge >= 0.3 is 6.01 Å². The smallest absolute Gasteiger partial charge is 0.319 e. The number of hydrogen-bond donors (Lipinski definition) is 5. The Hall–Kier alpha value is -7.85. The minimum absolute atomic E-state index is 0.0367. The van der Waals surface area contributed by atoms with Crippen molar-refractivity contribution >= 4 is 39.4 Å². The molecule has 4 aromatic heterocycles. The highest BCUT2D eigenvalue weighted by Crippen LogP contribution is 2.54. The lowest BCUT2D eigenvalue weighted by molar-refractivity contribution is -0.143. The SMILES string of the molecule is CCn1nccc1-c1ccc([C@@H](NC(=O)[C@@H]2C[C@@H](O)CN2C(=O)[C@H](C(C)C)n2cc(-c3ccc(COc4c(-c5c(C)c(F)cc6[nH]ncc56)c(C5CC5)cc5c(N6C[C@@H]7C[C@H]6CN7)nc(OC6CCC7(CC6)COC7)nc45)cc3)nn2)[C@@H](C)O)cc1. The third-order valence-electron chi connectivity index (χ3n) is 19.1. The van der Waals surface area contributed by atoms with Crippen LogP contribution in [-0.2, 0) is 27.5 Å². The van der Waals surface area contributed by atoms with Crippen molar-refractivity contribution in [3.63, 3.8) is 0 Å². The quantitative estimate of drug-likeness (QED) is 0.0542. The fourth-order valence-electron chi connectivity index (χ4n) is 14.1. The number of aliphatic hydroxyl groups excluding tert-OH is 2. The third kappa shape index (κ3) is 10.3. The molecule has 4 aliphatic heterocycles. The summed E-state index contributed by atoms with van der Waals surface area (Å²) in [7, 11) is 0. The van der Waals surface area contributed by atoms with Crippen LogP contribution >= 0.6 is 0 Å². The molecular weight excluding hydrogens is 1090 g/mol. The van der Waals surface area contributed by atoms with Crippen molar-refractivity contribution < 1.29 is 38.4 Å². The van der Waals surface area contributed by atoms with E-state index in [4.69, 9.17) is 24.2 Å². The number of rotatable bonds is 18. The molecule has 7 atom stereocenters. The Kier molecular flexibility index (Phi) is 14.6. The molecule has 8 heterocycles. The minimum Gasteiger partial charge on any atom is -0.486 e. The fourth-order valence-corrected chi connectivity index (χ4v) is 14.1. The van der Waals surface area contributed by atoms with E-state index in [2.05, 4.69) is 47.2 Å². The highest BCUT2D eigenvalue weighted by atomic mass is 19.1. The second kappa shape index (κ2) is 22.5. The summed E-state index contributed by atoms with van der Waals surface area (Å²) in [6.45, 7) is 13.4. The van der Waals surface area contributed by atoms with Gasteiger partial charge in [0.15, 0.2) is 5.75 Å². The van der Waals surface area contributed by atoms with Crippen molar-refractivity contribution in [3.8, 4) is 45.4 Å². The van der Waals surface area contributed by atoms with Crippen molar-refractivity contribution in [1.82, 2.24) is 60.5 Å². The Bertz CT molecular complexity index is 3850. The largest absolute Gasteiger partial charge is 0.486 e. The summed E-state index contributed by atoms with van der Waals surface area (Å²) >= 11 is 0. The molecule has 14 rings (SSSR count). The van der Waals surface area contributed by atoms with E-state index in [0.29, 0.717) is 52.2 Å².